The van der Waals surface area contributed by atoms with Crippen molar-refractivity contribution >= 4 is 11.7 Å². The monoisotopic (exact) mass is 549 g/mol. The Morgan fingerprint density at radius 1 is 1.03 bits per heavy atom. The van der Waals surface area contributed by atoms with Gasteiger partial charge < -0.3 is 30.3 Å². The van der Waals surface area contributed by atoms with E-state index >= 15 is 0 Å². The molecule has 2 rings (SSSR count). The van der Waals surface area contributed by atoms with Crippen molar-refractivity contribution in [2.24, 2.45) is 4.99 Å². The number of amidine groups is 1. The van der Waals surface area contributed by atoms with Crippen LogP contribution in [0, 0.1) is 0 Å². The van der Waals surface area contributed by atoms with Crippen LogP contribution in [0.1, 0.15) is 58.3 Å². The second-order valence-electron chi connectivity index (χ2n) is 9.10. The number of aliphatic hydroxyl groups is 3. The first-order chi connectivity index (χ1) is 18.8. The molecule has 1 saturated heterocycles. The summed E-state index contributed by atoms with van der Waals surface area (Å²) in [6.07, 6.45) is 22.4. The minimum atomic E-state index is -3.74. The average Bonchev–Trinajstić information content (AvgIpc) is 3.14. The van der Waals surface area contributed by atoms with Gasteiger partial charge in [0.25, 0.3) is 0 Å². The first kappa shape index (κ1) is 32.3. The van der Waals surface area contributed by atoms with Crippen LogP contribution in [0.3, 0.4) is 0 Å². The first-order valence-corrected chi connectivity index (χ1v) is 13.4. The zero-order chi connectivity index (χ0) is 28.5. The molecule has 4 atom stereocenters. The molecule has 0 radical (unpaired) electrons. The SMILES string of the molecule is CC/C=C\C/C=C/C/C=C/C/C=C/C/C=C/CCCC(=O)NC1=NC(O)N(C2OC(CO)C(O)C2(F)F)C=C1. The van der Waals surface area contributed by atoms with E-state index in [-0.39, 0.29) is 18.2 Å². The van der Waals surface area contributed by atoms with Crippen molar-refractivity contribution in [1.29, 1.82) is 0 Å². The van der Waals surface area contributed by atoms with Gasteiger partial charge in [0.05, 0.1) is 6.61 Å². The van der Waals surface area contributed by atoms with Gasteiger partial charge in [-0.25, -0.2) is 4.99 Å². The Balaban J connectivity index is 1.59. The van der Waals surface area contributed by atoms with Gasteiger partial charge in [0, 0.05) is 12.6 Å². The number of hydrogen-bond acceptors (Lipinski definition) is 7. The lowest BCUT2D eigenvalue weighted by molar-refractivity contribution is -0.186. The first-order valence-electron chi connectivity index (χ1n) is 13.4. The number of amides is 1. The van der Waals surface area contributed by atoms with Crippen LogP contribution in [0.4, 0.5) is 8.78 Å². The lowest BCUT2D eigenvalue weighted by atomic mass is 10.1. The van der Waals surface area contributed by atoms with Gasteiger partial charge >= 0.3 is 5.92 Å². The molecule has 8 nitrogen and oxygen atoms in total. The molecule has 4 N–H and O–H groups in total. The fourth-order valence-corrected chi connectivity index (χ4v) is 3.83. The van der Waals surface area contributed by atoms with E-state index in [0.717, 1.165) is 49.6 Å². The van der Waals surface area contributed by atoms with Crippen molar-refractivity contribution in [2.75, 3.05) is 6.61 Å². The number of ether oxygens (including phenoxy) is 1. The maximum absolute atomic E-state index is 14.3. The smallest absolute Gasteiger partial charge is 0.319 e. The number of nitrogens with zero attached hydrogens (tertiary/aromatic N) is 2. The van der Waals surface area contributed by atoms with Gasteiger partial charge in [-0.2, -0.15) is 8.78 Å². The van der Waals surface area contributed by atoms with Gasteiger partial charge in [0.15, 0.2) is 6.10 Å². The fraction of sp³-hybridized carbons (Fsp3) is 0.517. The third-order valence-electron chi connectivity index (χ3n) is 5.96. The molecule has 2 heterocycles. The number of alkyl halides is 2. The maximum atomic E-state index is 14.3. The van der Waals surface area contributed by atoms with Crippen LogP contribution in [-0.2, 0) is 9.53 Å². The second kappa shape index (κ2) is 17.6. The van der Waals surface area contributed by atoms with Gasteiger partial charge in [0.1, 0.15) is 11.9 Å². The van der Waals surface area contributed by atoms with Crippen molar-refractivity contribution in [3.63, 3.8) is 0 Å². The number of nitrogens with one attached hydrogen (secondary N) is 1. The Morgan fingerprint density at radius 2 is 1.59 bits per heavy atom. The van der Waals surface area contributed by atoms with E-state index in [9.17, 15) is 23.8 Å². The Bertz CT molecular complexity index is 959. The molecular weight excluding hydrogens is 508 g/mol. The number of aliphatic hydroxyl groups excluding tert-OH is 3. The van der Waals surface area contributed by atoms with Crippen molar-refractivity contribution in [1.82, 2.24) is 10.2 Å². The topological polar surface area (TPSA) is 115 Å². The molecule has 216 valence electrons. The van der Waals surface area contributed by atoms with Gasteiger partial charge in [-0.1, -0.05) is 67.7 Å². The molecule has 39 heavy (non-hydrogen) atoms. The minimum Gasteiger partial charge on any atom is -0.394 e. The van der Waals surface area contributed by atoms with Crippen LogP contribution in [0.25, 0.3) is 0 Å². The zero-order valence-corrected chi connectivity index (χ0v) is 22.4. The molecule has 0 aromatic rings. The molecule has 1 fully saturated rings. The minimum absolute atomic E-state index is 0.0270. The number of allylic oxidation sites excluding steroid dienone is 10. The van der Waals surface area contributed by atoms with Gasteiger partial charge in [0.2, 0.25) is 18.5 Å². The molecule has 0 aliphatic carbocycles. The molecule has 0 spiro atoms. The number of rotatable bonds is 15. The van der Waals surface area contributed by atoms with E-state index in [1.54, 1.807) is 0 Å². The summed E-state index contributed by atoms with van der Waals surface area (Å²) in [5, 5.41) is 31.5. The third-order valence-corrected chi connectivity index (χ3v) is 5.96. The number of carbonyl (C=O) groups is 1. The molecule has 0 saturated carbocycles. The highest BCUT2D eigenvalue weighted by molar-refractivity contribution is 6.04. The standard InChI is InChI=1S/C29H41F2N3O5/c1-2-3-4-5-6-7-8-9-10-11-12-13-14-15-16-17-18-19-25(36)32-24-20-21-34(28(38)33-24)27-29(30,31)26(37)23(22-35)39-27/h3-4,6-7,9-10,12-13,15-16,20-21,23,26-28,35,37-38H,2,5,8,11,14,17-19,22H2,1H3,(H,32,33,36)/b4-3-,7-6+,10-9+,13-12+,16-15+. The van der Waals surface area contributed by atoms with E-state index in [0.29, 0.717) is 6.42 Å². The molecular formula is C29H41F2N3O5. The number of halogens is 2. The highest BCUT2D eigenvalue weighted by atomic mass is 19.3. The summed E-state index contributed by atoms with van der Waals surface area (Å²) in [7, 11) is 0. The van der Waals surface area contributed by atoms with Crippen molar-refractivity contribution < 1.29 is 33.6 Å². The quantitative estimate of drug-likeness (QED) is 0.180. The third kappa shape index (κ3) is 11.0. The summed E-state index contributed by atoms with van der Waals surface area (Å²) in [5.41, 5.74) is 0. The number of carbonyl (C=O) groups excluding carboxylic acids is 1. The Morgan fingerprint density at radius 3 is 2.10 bits per heavy atom. The second-order valence-corrected chi connectivity index (χ2v) is 9.10. The molecule has 2 aliphatic heterocycles. The summed E-state index contributed by atoms with van der Waals surface area (Å²) >= 11 is 0. The molecule has 0 aromatic carbocycles. The lowest BCUT2D eigenvalue weighted by Crippen LogP contribution is -2.52. The number of unbranched alkanes of at least 4 members (excludes halogenated alkanes) is 1. The predicted molar refractivity (Wildman–Crippen MR) is 148 cm³/mol. The maximum Gasteiger partial charge on any atom is 0.319 e. The van der Waals surface area contributed by atoms with Crippen molar-refractivity contribution in [3.8, 4) is 0 Å². The zero-order valence-electron chi connectivity index (χ0n) is 22.4. The van der Waals surface area contributed by atoms with Gasteiger partial charge in [-0.3, -0.25) is 4.79 Å². The average molecular weight is 550 g/mol. The van der Waals surface area contributed by atoms with E-state index in [1.165, 1.54) is 6.08 Å². The predicted octanol–water partition coefficient (Wildman–Crippen LogP) is 4.24. The molecule has 1 amide bonds. The van der Waals surface area contributed by atoms with Crippen LogP contribution < -0.4 is 5.32 Å². The Labute approximate surface area is 229 Å². The van der Waals surface area contributed by atoms with Crippen LogP contribution in [0.15, 0.2) is 78.0 Å². The van der Waals surface area contributed by atoms with E-state index in [2.05, 4.69) is 65.8 Å². The van der Waals surface area contributed by atoms with Crippen molar-refractivity contribution in [2.45, 2.75) is 89.0 Å². The molecule has 2 aliphatic rings. The highest BCUT2D eigenvalue weighted by Gasteiger charge is 2.61. The number of hydrogen-bond donors (Lipinski definition) is 4. The highest BCUT2D eigenvalue weighted by Crippen LogP contribution is 2.39. The molecule has 10 heteroatoms. The van der Waals surface area contributed by atoms with E-state index in [1.807, 2.05) is 12.2 Å². The van der Waals surface area contributed by atoms with E-state index < -0.39 is 37.3 Å². The Hall–Kier alpha value is -2.92. The van der Waals surface area contributed by atoms with Gasteiger partial charge in [-0.15, -0.1) is 0 Å². The van der Waals surface area contributed by atoms with Crippen LogP contribution in [-0.4, -0.2) is 69.3 Å². The summed E-state index contributed by atoms with van der Waals surface area (Å²) < 4.78 is 33.6. The summed E-state index contributed by atoms with van der Waals surface area (Å²) in [6.45, 7) is 1.32. The van der Waals surface area contributed by atoms with Crippen LogP contribution in [0.5, 0.6) is 0 Å². The lowest BCUT2D eigenvalue weighted by Gasteiger charge is -2.34. The summed E-state index contributed by atoms with van der Waals surface area (Å²) in [5.74, 6) is -4.03. The molecule has 0 aromatic heterocycles. The Kier molecular flexibility index (Phi) is 14.6. The molecule has 4 unspecified atom stereocenters. The van der Waals surface area contributed by atoms with Gasteiger partial charge in [-0.05, 0) is 51.0 Å². The largest absolute Gasteiger partial charge is 0.394 e. The van der Waals surface area contributed by atoms with Crippen LogP contribution >= 0.6 is 0 Å². The normalized spacial score (nSPS) is 25.3. The van der Waals surface area contributed by atoms with E-state index in [4.69, 9.17) is 9.84 Å². The fourth-order valence-electron chi connectivity index (χ4n) is 3.83. The number of aliphatic imine (C=N–C) groups is 1. The van der Waals surface area contributed by atoms with Crippen molar-refractivity contribution in [3.05, 3.63) is 73.0 Å². The van der Waals surface area contributed by atoms with Crippen LogP contribution in [0.2, 0.25) is 0 Å². The summed E-state index contributed by atoms with van der Waals surface area (Å²) in [4.78, 5) is 16.7. The summed E-state index contributed by atoms with van der Waals surface area (Å²) in [6, 6.07) is 0. The molecule has 0 bridgehead atoms.